The third-order valence-corrected chi connectivity index (χ3v) is 3.40. The number of hydrogen-bond donors (Lipinski definition) is 1. The molecule has 0 aliphatic heterocycles. The molecule has 2 aromatic rings. The van der Waals surface area contributed by atoms with E-state index in [0.717, 1.165) is 34.9 Å². The number of nitrogens with two attached hydrogens (primary N) is 1. The van der Waals surface area contributed by atoms with E-state index in [-0.39, 0.29) is 6.04 Å². The molecule has 102 valence electrons. The Hall–Kier alpha value is -1.39. The molecule has 0 aliphatic rings. The van der Waals surface area contributed by atoms with E-state index < -0.39 is 0 Å². The molecule has 0 amide bonds. The van der Waals surface area contributed by atoms with Crippen molar-refractivity contribution in [1.29, 1.82) is 0 Å². The summed E-state index contributed by atoms with van der Waals surface area (Å²) in [4.78, 5) is 4.29. The molecular weight excluding hydrogens is 260 g/mol. The van der Waals surface area contributed by atoms with Gasteiger partial charge in [0.2, 0.25) is 0 Å². The third kappa shape index (κ3) is 3.33. The molecule has 1 aromatic heterocycles. The minimum Gasteiger partial charge on any atom is -0.324 e. The number of hydrogen-bond acceptors (Lipinski definition) is 3. The van der Waals surface area contributed by atoms with Crippen molar-refractivity contribution in [2.75, 3.05) is 0 Å². The molecule has 0 spiro atoms. The number of aryl methyl sites for hydroxylation is 2. The Bertz CT molecular complexity index is 550. The Morgan fingerprint density at radius 3 is 2.89 bits per heavy atom. The predicted molar refractivity (Wildman–Crippen MR) is 77.1 cm³/mol. The van der Waals surface area contributed by atoms with Gasteiger partial charge in [-0.1, -0.05) is 24.6 Å². The lowest BCUT2D eigenvalue weighted by molar-refractivity contribution is 0.547. The van der Waals surface area contributed by atoms with E-state index in [2.05, 4.69) is 17.0 Å². The fraction of sp³-hybridized carbons (Fsp3) is 0.429. The van der Waals surface area contributed by atoms with Crippen LogP contribution in [-0.4, -0.2) is 14.8 Å². The SMILES string of the molecule is CCCn1ncnc1CC(N)c1ccc(Cl)cc1C. The summed E-state index contributed by atoms with van der Waals surface area (Å²) < 4.78 is 1.92. The second kappa shape index (κ2) is 6.17. The monoisotopic (exact) mass is 278 g/mol. The second-order valence-corrected chi connectivity index (χ2v) is 5.15. The maximum atomic E-state index is 6.28. The Balaban J connectivity index is 2.16. The largest absolute Gasteiger partial charge is 0.324 e. The molecule has 1 atom stereocenters. The lowest BCUT2D eigenvalue weighted by atomic mass is 9.99. The average molecular weight is 279 g/mol. The molecule has 0 saturated heterocycles. The molecule has 1 aromatic carbocycles. The zero-order valence-electron chi connectivity index (χ0n) is 11.3. The van der Waals surface area contributed by atoms with E-state index in [1.54, 1.807) is 6.33 Å². The number of benzene rings is 1. The number of halogens is 1. The van der Waals surface area contributed by atoms with Crippen molar-refractivity contribution in [3.8, 4) is 0 Å². The van der Waals surface area contributed by atoms with Crippen molar-refractivity contribution in [1.82, 2.24) is 14.8 Å². The normalized spacial score (nSPS) is 12.6. The van der Waals surface area contributed by atoms with Crippen LogP contribution in [0.4, 0.5) is 0 Å². The van der Waals surface area contributed by atoms with E-state index in [4.69, 9.17) is 17.3 Å². The summed E-state index contributed by atoms with van der Waals surface area (Å²) >= 11 is 5.96. The number of aromatic nitrogens is 3. The van der Waals surface area contributed by atoms with Gasteiger partial charge >= 0.3 is 0 Å². The highest BCUT2D eigenvalue weighted by atomic mass is 35.5. The highest BCUT2D eigenvalue weighted by Crippen LogP contribution is 2.22. The molecule has 1 heterocycles. The molecule has 2 rings (SSSR count). The summed E-state index contributed by atoms with van der Waals surface area (Å²) in [7, 11) is 0. The first kappa shape index (κ1) is 14.0. The summed E-state index contributed by atoms with van der Waals surface area (Å²) in [5.74, 6) is 0.934. The van der Waals surface area contributed by atoms with Gasteiger partial charge in [-0.15, -0.1) is 0 Å². The highest BCUT2D eigenvalue weighted by molar-refractivity contribution is 6.30. The second-order valence-electron chi connectivity index (χ2n) is 4.71. The number of rotatable bonds is 5. The highest BCUT2D eigenvalue weighted by Gasteiger charge is 2.13. The lowest BCUT2D eigenvalue weighted by Crippen LogP contribution is -2.18. The molecule has 0 aliphatic carbocycles. The topological polar surface area (TPSA) is 56.7 Å². The summed E-state index contributed by atoms with van der Waals surface area (Å²) in [5.41, 5.74) is 8.50. The molecule has 4 nitrogen and oxygen atoms in total. The van der Waals surface area contributed by atoms with Gasteiger partial charge in [0, 0.05) is 24.0 Å². The fourth-order valence-electron chi connectivity index (χ4n) is 2.21. The quantitative estimate of drug-likeness (QED) is 0.915. The molecule has 0 fully saturated rings. The van der Waals surface area contributed by atoms with Crippen molar-refractivity contribution in [2.24, 2.45) is 5.73 Å². The fourth-order valence-corrected chi connectivity index (χ4v) is 2.43. The van der Waals surface area contributed by atoms with Crippen molar-refractivity contribution in [2.45, 2.75) is 39.3 Å². The van der Waals surface area contributed by atoms with E-state index in [1.807, 2.05) is 29.8 Å². The van der Waals surface area contributed by atoms with E-state index in [9.17, 15) is 0 Å². The van der Waals surface area contributed by atoms with Crippen LogP contribution in [0, 0.1) is 6.92 Å². The molecule has 0 bridgehead atoms. The lowest BCUT2D eigenvalue weighted by Gasteiger charge is -2.15. The molecule has 19 heavy (non-hydrogen) atoms. The molecular formula is C14H19ClN4. The van der Waals surface area contributed by atoms with Crippen molar-refractivity contribution >= 4 is 11.6 Å². The van der Waals surface area contributed by atoms with Gasteiger partial charge in [-0.05, 0) is 36.6 Å². The van der Waals surface area contributed by atoms with Crippen LogP contribution < -0.4 is 5.73 Å². The summed E-state index contributed by atoms with van der Waals surface area (Å²) in [6.45, 7) is 5.02. The molecule has 0 saturated carbocycles. The van der Waals surface area contributed by atoms with Crippen LogP contribution in [-0.2, 0) is 13.0 Å². The van der Waals surface area contributed by atoms with Gasteiger partial charge in [-0.25, -0.2) is 4.98 Å². The van der Waals surface area contributed by atoms with Crippen LogP contribution in [0.25, 0.3) is 0 Å². The van der Waals surface area contributed by atoms with Crippen molar-refractivity contribution in [3.63, 3.8) is 0 Å². The van der Waals surface area contributed by atoms with E-state index in [1.165, 1.54) is 0 Å². The predicted octanol–water partition coefficient (Wildman–Crippen LogP) is 2.89. The molecule has 5 heteroatoms. The third-order valence-electron chi connectivity index (χ3n) is 3.16. The smallest absolute Gasteiger partial charge is 0.138 e. The summed E-state index contributed by atoms with van der Waals surface area (Å²) in [5, 5.41) is 4.96. The minimum atomic E-state index is -0.0860. The van der Waals surface area contributed by atoms with Gasteiger partial charge in [-0.3, -0.25) is 4.68 Å². The summed E-state index contributed by atoms with van der Waals surface area (Å²) in [6.07, 6.45) is 3.31. The maximum Gasteiger partial charge on any atom is 0.138 e. The van der Waals surface area contributed by atoms with Crippen LogP contribution in [0.3, 0.4) is 0 Å². The standard InChI is InChI=1S/C14H19ClN4/c1-3-6-19-14(17-9-18-19)8-13(16)12-5-4-11(15)7-10(12)2/h4-5,7,9,13H,3,6,8,16H2,1-2H3. The van der Waals surface area contributed by atoms with Gasteiger partial charge in [-0.2, -0.15) is 5.10 Å². The van der Waals surface area contributed by atoms with Gasteiger partial charge in [0.05, 0.1) is 0 Å². The maximum absolute atomic E-state index is 6.28. The van der Waals surface area contributed by atoms with E-state index in [0.29, 0.717) is 6.42 Å². The Labute approximate surface area is 118 Å². The van der Waals surface area contributed by atoms with Gasteiger partial charge in [0.1, 0.15) is 12.2 Å². The first-order valence-electron chi connectivity index (χ1n) is 6.50. The molecule has 2 N–H and O–H groups in total. The first-order valence-corrected chi connectivity index (χ1v) is 6.88. The Kier molecular flexibility index (Phi) is 4.56. The minimum absolute atomic E-state index is 0.0860. The van der Waals surface area contributed by atoms with Gasteiger partial charge < -0.3 is 5.73 Å². The number of nitrogens with zero attached hydrogens (tertiary/aromatic N) is 3. The van der Waals surface area contributed by atoms with Crippen molar-refractivity contribution in [3.05, 3.63) is 46.5 Å². The molecule has 0 radical (unpaired) electrons. The van der Waals surface area contributed by atoms with Gasteiger partial charge in [0.15, 0.2) is 0 Å². The Morgan fingerprint density at radius 1 is 1.42 bits per heavy atom. The van der Waals surface area contributed by atoms with Crippen LogP contribution >= 0.6 is 11.6 Å². The zero-order valence-corrected chi connectivity index (χ0v) is 12.1. The summed E-state index contributed by atoms with van der Waals surface area (Å²) in [6, 6.07) is 5.72. The van der Waals surface area contributed by atoms with Crippen LogP contribution in [0.1, 0.15) is 36.3 Å². The van der Waals surface area contributed by atoms with E-state index >= 15 is 0 Å². The van der Waals surface area contributed by atoms with Crippen LogP contribution in [0.5, 0.6) is 0 Å². The Morgan fingerprint density at radius 2 is 2.21 bits per heavy atom. The average Bonchev–Trinajstić information content (AvgIpc) is 2.77. The van der Waals surface area contributed by atoms with Gasteiger partial charge in [0.25, 0.3) is 0 Å². The zero-order chi connectivity index (χ0) is 13.8. The van der Waals surface area contributed by atoms with Crippen molar-refractivity contribution < 1.29 is 0 Å². The van der Waals surface area contributed by atoms with Crippen LogP contribution in [0.15, 0.2) is 24.5 Å². The molecule has 1 unspecified atom stereocenters. The first-order chi connectivity index (χ1) is 9.11. The van der Waals surface area contributed by atoms with Crippen LogP contribution in [0.2, 0.25) is 5.02 Å².